The second-order valence-corrected chi connectivity index (χ2v) is 5.87. The zero-order valence-electron chi connectivity index (χ0n) is 12.2. The second kappa shape index (κ2) is 5.61. The van der Waals surface area contributed by atoms with Gasteiger partial charge in [0.05, 0.1) is 12.2 Å². The number of nitrogens with zero attached hydrogens (tertiary/aromatic N) is 5. The number of aromatic nitrogens is 4. The Balaban J connectivity index is 1.86. The molecule has 108 valence electrons. The molecule has 3 rings (SSSR count). The van der Waals surface area contributed by atoms with Crippen LogP contribution in [0.1, 0.15) is 11.4 Å². The van der Waals surface area contributed by atoms with E-state index in [4.69, 9.17) is 0 Å². The van der Waals surface area contributed by atoms with Crippen molar-refractivity contribution >= 4 is 32.6 Å². The monoisotopic (exact) mass is 300 g/mol. The minimum absolute atomic E-state index is 0.628. The molecule has 3 aromatic rings. The molecule has 0 atom stereocenters. The first-order valence-electron chi connectivity index (χ1n) is 6.59. The molecule has 0 radical (unpaired) electrons. The third-order valence-electron chi connectivity index (χ3n) is 2.95. The van der Waals surface area contributed by atoms with Gasteiger partial charge in [-0.05, 0) is 19.1 Å². The van der Waals surface area contributed by atoms with Gasteiger partial charge in [0.25, 0.3) is 0 Å². The lowest BCUT2D eigenvalue weighted by molar-refractivity contribution is 1.00. The van der Waals surface area contributed by atoms with Crippen LogP contribution in [0.15, 0.2) is 24.5 Å². The quantitative estimate of drug-likeness (QED) is 0.798. The number of hydrogen-bond donors (Lipinski definition) is 1. The standard InChI is InChI=1S/C14H16N6S/c1-9-5-4-6-10(18-9)7-15-12-11-13(17-8-16-12)19-14(21-11)20(2)3/h4-6,8H,7H2,1-3H3,(H,15,16,17). The van der Waals surface area contributed by atoms with E-state index in [1.54, 1.807) is 11.3 Å². The summed E-state index contributed by atoms with van der Waals surface area (Å²) in [7, 11) is 3.93. The summed E-state index contributed by atoms with van der Waals surface area (Å²) in [6.07, 6.45) is 1.54. The van der Waals surface area contributed by atoms with Crippen molar-refractivity contribution in [3.05, 3.63) is 35.9 Å². The summed E-state index contributed by atoms with van der Waals surface area (Å²) in [6.45, 7) is 2.61. The Morgan fingerprint density at radius 1 is 1.19 bits per heavy atom. The van der Waals surface area contributed by atoms with Crippen LogP contribution in [-0.4, -0.2) is 34.0 Å². The van der Waals surface area contributed by atoms with E-state index in [0.29, 0.717) is 6.54 Å². The SMILES string of the molecule is Cc1cccc(CNc2ncnc3nc(N(C)C)sc23)n1. The zero-order chi connectivity index (χ0) is 14.8. The third kappa shape index (κ3) is 2.92. The van der Waals surface area contributed by atoms with E-state index in [1.165, 1.54) is 6.33 Å². The van der Waals surface area contributed by atoms with E-state index < -0.39 is 0 Å². The van der Waals surface area contributed by atoms with Crippen LogP contribution < -0.4 is 10.2 Å². The first-order chi connectivity index (χ1) is 10.1. The molecule has 0 saturated carbocycles. The smallest absolute Gasteiger partial charge is 0.187 e. The molecule has 0 amide bonds. The van der Waals surface area contributed by atoms with Crippen LogP contribution in [-0.2, 0) is 6.54 Å². The number of pyridine rings is 1. The summed E-state index contributed by atoms with van der Waals surface area (Å²) >= 11 is 1.58. The van der Waals surface area contributed by atoms with Gasteiger partial charge >= 0.3 is 0 Å². The van der Waals surface area contributed by atoms with E-state index in [0.717, 1.165) is 32.7 Å². The number of thiazole rings is 1. The molecule has 0 spiro atoms. The highest BCUT2D eigenvalue weighted by Crippen LogP contribution is 2.30. The molecule has 0 aromatic carbocycles. The summed E-state index contributed by atoms with van der Waals surface area (Å²) in [5.41, 5.74) is 2.72. The minimum atomic E-state index is 0.628. The molecular weight excluding hydrogens is 284 g/mol. The van der Waals surface area contributed by atoms with Crippen LogP contribution in [0.4, 0.5) is 10.9 Å². The predicted molar refractivity (Wildman–Crippen MR) is 85.8 cm³/mol. The third-order valence-corrected chi connectivity index (χ3v) is 4.16. The van der Waals surface area contributed by atoms with Gasteiger partial charge in [-0.25, -0.2) is 9.97 Å². The van der Waals surface area contributed by atoms with E-state index in [1.807, 2.05) is 44.1 Å². The molecular formula is C14H16N6S. The molecule has 0 aliphatic rings. The number of nitrogens with one attached hydrogen (secondary N) is 1. The Bertz CT molecular complexity index is 767. The molecule has 3 heterocycles. The second-order valence-electron chi connectivity index (χ2n) is 4.89. The molecule has 7 heteroatoms. The number of aryl methyl sites for hydroxylation is 1. The average Bonchev–Trinajstić information content (AvgIpc) is 2.90. The summed E-state index contributed by atoms with van der Waals surface area (Å²) in [6, 6.07) is 5.99. The van der Waals surface area contributed by atoms with Crippen molar-refractivity contribution in [2.24, 2.45) is 0 Å². The van der Waals surface area contributed by atoms with Crippen LogP contribution in [0, 0.1) is 6.92 Å². The summed E-state index contributed by atoms with van der Waals surface area (Å²) in [5, 5.41) is 4.24. The van der Waals surface area contributed by atoms with Crippen LogP contribution in [0.25, 0.3) is 10.3 Å². The molecule has 6 nitrogen and oxygen atoms in total. The molecule has 1 N–H and O–H groups in total. The molecule has 0 fully saturated rings. The normalized spacial score (nSPS) is 10.8. The first kappa shape index (κ1) is 13.7. The average molecular weight is 300 g/mol. The lowest BCUT2D eigenvalue weighted by atomic mass is 10.3. The van der Waals surface area contributed by atoms with Crippen LogP contribution in [0.5, 0.6) is 0 Å². The number of rotatable bonds is 4. The van der Waals surface area contributed by atoms with Crippen molar-refractivity contribution in [2.45, 2.75) is 13.5 Å². The van der Waals surface area contributed by atoms with Gasteiger partial charge in [0.2, 0.25) is 0 Å². The largest absolute Gasteiger partial charge is 0.363 e. The zero-order valence-corrected chi connectivity index (χ0v) is 13.0. The van der Waals surface area contributed by atoms with Gasteiger partial charge in [0.1, 0.15) is 16.8 Å². The fourth-order valence-electron chi connectivity index (χ4n) is 1.93. The number of anilines is 2. The van der Waals surface area contributed by atoms with Gasteiger partial charge in [-0.2, -0.15) is 4.98 Å². The predicted octanol–water partition coefficient (Wildman–Crippen LogP) is 2.47. The van der Waals surface area contributed by atoms with Gasteiger partial charge in [-0.1, -0.05) is 17.4 Å². The van der Waals surface area contributed by atoms with Gasteiger partial charge in [-0.3, -0.25) is 4.98 Å². The summed E-state index contributed by atoms with van der Waals surface area (Å²) in [4.78, 5) is 19.5. The summed E-state index contributed by atoms with van der Waals surface area (Å²) in [5.74, 6) is 0.800. The maximum absolute atomic E-state index is 4.48. The topological polar surface area (TPSA) is 66.8 Å². The Morgan fingerprint density at radius 3 is 2.81 bits per heavy atom. The highest BCUT2D eigenvalue weighted by Gasteiger charge is 2.11. The molecule has 0 aliphatic carbocycles. The van der Waals surface area contributed by atoms with Crippen LogP contribution in [0.2, 0.25) is 0 Å². The lowest BCUT2D eigenvalue weighted by Crippen LogP contribution is -2.07. The van der Waals surface area contributed by atoms with Crippen molar-refractivity contribution in [1.82, 2.24) is 19.9 Å². The van der Waals surface area contributed by atoms with E-state index >= 15 is 0 Å². The number of hydrogen-bond acceptors (Lipinski definition) is 7. The maximum atomic E-state index is 4.48. The molecule has 0 unspecified atom stereocenters. The molecule has 21 heavy (non-hydrogen) atoms. The number of fused-ring (bicyclic) bond motifs is 1. The van der Waals surface area contributed by atoms with Gasteiger partial charge in [0, 0.05) is 19.8 Å². The highest BCUT2D eigenvalue weighted by molar-refractivity contribution is 7.22. The van der Waals surface area contributed by atoms with Crippen molar-refractivity contribution in [1.29, 1.82) is 0 Å². The highest BCUT2D eigenvalue weighted by atomic mass is 32.1. The fraction of sp³-hybridized carbons (Fsp3) is 0.286. The van der Waals surface area contributed by atoms with E-state index in [2.05, 4.69) is 25.3 Å². The van der Waals surface area contributed by atoms with Crippen molar-refractivity contribution < 1.29 is 0 Å². The Kier molecular flexibility index (Phi) is 3.66. The van der Waals surface area contributed by atoms with E-state index in [9.17, 15) is 0 Å². The van der Waals surface area contributed by atoms with Gasteiger partial charge in [0.15, 0.2) is 10.8 Å². The Labute approximate surface area is 126 Å². The van der Waals surface area contributed by atoms with E-state index in [-0.39, 0.29) is 0 Å². The van der Waals surface area contributed by atoms with Gasteiger partial charge < -0.3 is 10.2 Å². The molecule has 0 saturated heterocycles. The fourth-order valence-corrected chi connectivity index (χ4v) is 2.84. The van der Waals surface area contributed by atoms with Crippen molar-refractivity contribution in [3.8, 4) is 0 Å². The maximum Gasteiger partial charge on any atom is 0.187 e. The Morgan fingerprint density at radius 2 is 2.05 bits per heavy atom. The van der Waals surface area contributed by atoms with Crippen LogP contribution >= 0.6 is 11.3 Å². The van der Waals surface area contributed by atoms with Gasteiger partial charge in [-0.15, -0.1) is 0 Å². The Hall–Kier alpha value is -2.28. The van der Waals surface area contributed by atoms with Crippen molar-refractivity contribution in [3.63, 3.8) is 0 Å². The van der Waals surface area contributed by atoms with Crippen LogP contribution in [0.3, 0.4) is 0 Å². The minimum Gasteiger partial charge on any atom is -0.363 e. The molecule has 0 bridgehead atoms. The summed E-state index contributed by atoms with van der Waals surface area (Å²) < 4.78 is 0.967. The first-order valence-corrected chi connectivity index (χ1v) is 7.40. The van der Waals surface area contributed by atoms with Crippen molar-refractivity contribution in [2.75, 3.05) is 24.3 Å². The molecule has 0 aliphatic heterocycles. The molecule has 3 aromatic heterocycles. The lowest BCUT2D eigenvalue weighted by Gasteiger charge is -2.06.